The molecule has 0 unspecified atom stereocenters. The van der Waals surface area contributed by atoms with Gasteiger partial charge in [-0.1, -0.05) is 17.7 Å². The Kier molecular flexibility index (Phi) is 50.0. The Hall–Kier alpha value is -16.3. The van der Waals surface area contributed by atoms with Gasteiger partial charge in [0.15, 0.2) is 58.2 Å². The summed E-state index contributed by atoms with van der Waals surface area (Å²) < 4.78 is 7.15. The zero-order valence-electron chi connectivity index (χ0n) is 78.4. The average molecular weight is 2010 g/mol. The van der Waals surface area contributed by atoms with Crippen molar-refractivity contribution in [2.24, 2.45) is 63.1 Å². The summed E-state index contributed by atoms with van der Waals surface area (Å²) in [6.45, 7) is 0.570. The fraction of sp³-hybridized carbons (Fsp3) is 0.500. The number of unbranched alkanes of at least 4 members (excludes halogenated alkanes) is 2. The van der Waals surface area contributed by atoms with E-state index in [1.807, 2.05) is 0 Å². The summed E-state index contributed by atoms with van der Waals surface area (Å²) in [5.41, 5.74) is 63.7. The Morgan fingerprint density at radius 3 is 1.18 bits per heavy atom. The van der Waals surface area contributed by atoms with Gasteiger partial charge in [0.25, 0.3) is 0 Å². The number of carboxylic acid groups (broad SMARTS) is 1. The Morgan fingerprint density at radius 1 is 0.401 bits per heavy atom. The summed E-state index contributed by atoms with van der Waals surface area (Å²) in [5, 5.41) is 141. The van der Waals surface area contributed by atoms with Gasteiger partial charge >= 0.3 is 5.97 Å². The first-order valence-electron chi connectivity index (χ1n) is 45.6. The fourth-order valence-corrected chi connectivity index (χ4v) is 14.5. The maximum absolute atomic E-state index is 14.8. The molecule has 0 saturated heterocycles. The van der Waals surface area contributed by atoms with Gasteiger partial charge in [-0.05, 0) is 176 Å². The number of benzene rings is 3. The SMILES string of the molecule is N=C(N)NCCC[C@H](NC(=O)CCCCCNC(=S)Nc1ccc(-c2c3ccc(=O)cc-3oc3cc(O)ccc23)c(C(=O)O)c1)C(=O)N[C@@H](CCCNC(=N)N)C(=O)N[C@@H](CCCNC(=N)N)C(=O)N[C@@H](CCCNC(=N)N)C(=O)N[C@@H](Cc1cn(CC[C@H](N)C(=O)NC(=O)[C@H](CCCNC(=N)N)NC(=O)[C@H](CCCNC(=N)N)NC(=O)[C@H](CCCNC(=N)N)NC(=O)[C@@H](N)CCCNC(=N)N)nn1)C(N)=O. The van der Waals surface area contributed by atoms with Gasteiger partial charge in [0.1, 0.15) is 65.4 Å². The number of thiocarbonyl (C=S) groups is 1. The summed E-state index contributed by atoms with van der Waals surface area (Å²) in [4.78, 5) is 181. The maximum atomic E-state index is 14.8. The molecule has 10 atom stereocenters. The van der Waals surface area contributed by atoms with Crippen molar-refractivity contribution in [3.8, 4) is 28.2 Å². The fourth-order valence-electron chi connectivity index (χ4n) is 14.2. The number of aromatic nitrogens is 3. The molecule has 57 nitrogen and oxygen atoms in total. The monoisotopic (exact) mass is 2010 g/mol. The van der Waals surface area contributed by atoms with Crippen LogP contribution in [0.1, 0.15) is 151 Å². The minimum absolute atomic E-state index is 0.0133. The minimum atomic E-state index is -1.58. The van der Waals surface area contributed by atoms with Crippen molar-refractivity contribution in [3.63, 3.8) is 0 Å². The highest BCUT2D eigenvalue weighted by molar-refractivity contribution is 7.80. The predicted molar refractivity (Wildman–Crippen MR) is 531 cm³/mol. The number of nitrogens with zero attached hydrogens (tertiary/aromatic N) is 3. The standard InChI is InChI=1S/C84H135N41O16S/c85-51(12-4-29-104-76(88)89)66(130)115-54(14-6-31-106-78(92)93)69(133)117-57(17-9-34-109-81(98)99)72(136)120-59(19-11-36-111-83(102)103)74(138)122-67(131)52(86)27-37-125-42-44(123-124-125)39-60(65(87)129)121-73(137)58(18-10-35-110-82(100)101)119-71(135)56(16-8-33-108-80(96)97)118-70(134)55(15-7-32-107-79(94)95)116-68(132)53(13-5-30-105-77(90)91)114-63(128)20-2-1-3-28-112-84(142)113-43-21-24-47(50(38-43)75(139)140)64-48-25-22-45(126)40-61(48)141-62-41-46(127)23-26-49(62)64/h21-26,38,40-42,51-60,126H,1-20,27-37,39,85-86H2,(H2,87,129)(H,114,128)(H,115,130)(H,116,132)(H,117,133)(H,118,134)(H,119,135)(H,120,136)(H,121,137)(H,139,140)(H4,88,89,104)(H4,90,91,105)(H4,92,93,106)(H4,94,95,107)(H4,96,97,108)(H4,98,99,109)(H4,100,101,110)(H4,102,103,111)(H2,112,113,142)(H,122,131,138)/t51-,52-,53-,54-,55-,56-,57-,58-,59-,60-/m0/s1. The lowest BCUT2D eigenvalue weighted by atomic mass is 9.90. The Bertz CT molecular complexity index is 5270. The highest BCUT2D eigenvalue weighted by Crippen LogP contribution is 2.42. The number of aryl methyl sites for hydroxylation is 1. The van der Waals surface area contributed by atoms with E-state index in [0.717, 1.165) is 0 Å². The lowest BCUT2D eigenvalue weighted by Gasteiger charge is -2.27. The number of rotatable bonds is 64. The summed E-state index contributed by atoms with van der Waals surface area (Å²) >= 11 is 5.56. The molecule has 0 radical (unpaired) electrons. The number of nitrogens with one attached hydrogen (secondary N) is 27. The molecule has 58 heteroatoms. The highest BCUT2D eigenvalue weighted by Gasteiger charge is 2.36. The van der Waals surface area contributed by atoms with Crippen molar-refractivity contribution < 1.29 is 72.2 Å². The summed E-state index contributed by atoms with van der Waals surface area (Å²) in [5.74, 6) is -14.4. The van der Waals surface area contributed by atoms with Crippen molar-refractivity contribution in [2.75, 3.05) is 64.2 Å². The van der Waals surface area contributed by atoms with Crippen molar-refractivity contribution in [1.82, 2.24) is 111 Å². The number of phenols is 1. The van der Waals surface area contributed by atoms with Gasteiger partial charge in [-0.15, -0.1) is 5.10 Å². The van der Waals surface area contributed by atoms with Gasteiger partial charge in [-0.25, -0.2) is 4.79 Å². The Morgan fingerprint density at radius 2 is 0.775 bits per heavy atom. The lowest BCUT2D eigenvalue weighted by Crippen LogP contribution is -2.59. The number of aromatic carboxylic acids is 1. The number of guanidine groups is 8. The molecular formula is C84H135N41O16S. The van der Waals surface area contributed by atoms with Crippen LogP contribution in [0.2, 0.25) is 0 Å². The third-order valence-corrected chi connectivity index (χ3v) is 21.7. The van der Waals surface area contributed by atoms with E-state index >= 15 is 0 Å². The van der Waals surface area contributed by atoms with E-state index in [0.29, 0.717) is 60.0 Å². The summed E-state index contributed by atoms with van der Waals surface area (Å²) in [6, 6.07) is -1.29. The first kappa shape index (κ1) is 116. The number of carboxylic acids is 1. The number of anilines is 1. The van der Waals surface area contributed by atoms with E-state index in [1.165, 1.54) is 47.3 Å². The topological polar surface area (TPSA) is 1010 Å². The molecule has 2 heterocycles. The molecule has 51 N–H and O–H groups in total. The number of nitrogens with two attached hydrogens (primary N) is 11. The average Bonchev–Trinajstić information content (AvgIpc) is 0.959. The molecule has 5 rings (SSSR count). The molecule has 1 aromatic heterocycles. The zero-order valence-corrected chi connectivity index (χ0v) is 79.2. The zero-order chi connectivity index (χ0) is 105. The number of amides is 11. The Balaban J connectivity index is 1.27. The molecule has 142 heavy (non-hydrogen) atoms. The second-order valence-corrected chi connectivity index (χ2v) is 33.3. The molecule has 1 aliphatic carbocycles. The van der Waals surface area contributed by atoms with E-state index in [1.54, 1.807) is 18.2 Å². The number of aromatic hydroxyl groups is 1. The first-order valence-corrected chi connectivity index (χ1v) is 46.0. The van der Waals surface area contributed by atoms with Crippen molar-refractivity contribution in [2.45, 2.75) is 208 Å². The van der Waals surface area contributed by atoms with Crippen LogP contribution < -0.4 is 170 Å². The van der Waals surface area contributed by atoms with Crippen molar-refractivity contribution in [1.29, 1.82) is 43.3 Å². The number of phenolic OH excluding ortho intramolecular Hbond substituents is 1. The van der Waals surface area contributed by atoms with Crippen molar-refractivity contribution in [3.05, 3.63) is 82.3 Å². The predicted octanol–water partition coefficient (Wildman–Crippen LogP) is -8.19. The van der Waals surface area contributed by atoms with Gasteiger partial charge in [0.05, 0.1) is 23.3 Å². The summed E-state index contributed by atoms with van der Waals surface area (Å²) in [6.07, 6.45) is 1.80. The van der Waals surface area contributed by atoms with Gasteiger partial charge in [-0.2, -0.15) is 0 Å². The van der Waals surface area contributed by atoms with Crippen LogP contribution in [0.4, 0.5) is 5.69 Å². The molecule has 11 amide bonds. The highest BCUT2D eigenvalue weighted by atomic mass is 32.1. The number of hydrogen-bond acceptors (Lipinski definition) is 28. The van der Waals surface area contributed by atoms with Crippen LogP contribution >= 0.6 is 12.2 Å². The molecule has 0 fully saturated rings. The second kappa shape index (κ2) is 61.1. The number of carbonyl (C=O) groups is 12. The quantitative estimate of drug-likeness (QED) is 0.00565. The molecule has 0 spiro atoms. The lowest BCUT2D eigenvalue weighted by molar-refractivity contribution is -0.136. The van der Waals surface area contributed by atoms with Gasteiger partial charge in [0.2, 0.25) is 65.0 Å². The van der Waals surface area contributed by atoms with Crippen LogP contribution in [0.15, 0.2) is 70.0 Å². The number of primary amides is 1. The van der Waals surface area contributed by atoms with Crippen LogP contribution in [0.25, 0.3) is 33.4 Å². The Labute approximate surface area is 821 Å². The molecule has 778 valence electrons. The smallest absolute Gasteiger partial charge is 0.336 e. The van der Waals surface area contributed by atoms with Crippen LogP contribution in [0.3, 0.4) is 0 Å². The van der Waals surface area contributed by atoms with Crippen LogP contribution in [0.5, 0.6) is 5.75 Å². The third-order valence-electron chi connectivity index (χ3n) is 21.4. The molecule has 0 bridgehead atoms. The molecule has 1 aliphatic heterocycles. The molecule has 2 aromatic carbocycles. The third kappa shape index (κ3) is 44.0. The van der Waals surface area contributed by atoms with Crippen LogP contribution in [-0.4, -0.2) is 268 Å². The van der Waals surface area contributed by atoms with Gasteiger partial charge in [0, 0.05) is 119 Å². The molecule has 0 saturated carbocycles. The summed E-state index contributed by atoms with van der Waals surface area (Å²) in [7, 11) is 0. The normalized spacial score (nSPS) is 13.0. The van der Waals surface area contributed by atoms with E-state index < -0.39 is 168 Å². The molecule has 3 aromatic rings. The van der Waals surface area contributed by atoms with Crippen molar-refractivity contribution >= 4 is 153 Å². The second-order valence-electron chi connectivity index (χ2n) is 32.9. The number of carbonyl (C=O) groups excluding carboxylic acids is 11. The number of imide groups is 1. The molecule has 2 aliphatic rings. The molecular weight excluding hydrogens is 1870 g/mol. The minimum Gasteiger partial charge on any atom is -0.508 e. The number of hydrogen-bond donors (Lipinski definition) is 40. The van der Waals surface area contributed by atoms with E-state index in [9.17, 15) is 72.5 Å². The van der Waals surface area contributed by atoms with E-state index in [2.05, 4.69) is 111 Å². The van der Waals surface area contributed by atoms with E-state index in [-0.39, 0.29) is 225 Å². The largest absolute Gasteiger partial charge is 0.508 e. The first-order chi connectivity index (χ1) is 67.4. The van der Waals surface area contributed by atoms with Crippen LogP contribution in [0, 0.1) is 43.3 Å². The maximum Gasteiger partial charge on any atom is 0.336 e. The van der Waals surface area contributed by atoms with Gasteiger partial charge < -0.3 is 173 Å². The van der Waals surface area contributed by atoms with Crippen LogP contribution in [-0.2, 0) is 65.7 Å². The number of fused-ring (bicyclic) bond motifs is 2. The van der Waals surface area contributed by atoms with E-state index in [4.69, 9.17) is 123 Å². The van der Waals surface area contributed by atoms with Gasteiger partial charge in [-0.3, -0.25) is 111 Å².